The molecule has 340 valence electrons. The van der Waals surface area contributed by atoms with E-state index in [2.05, 4.69) is 13.8 Å². The summed E-state index contributed by atoms with van der Waals surface area (Å²) in [7, 11) is -2.15. The summed E-state index contributed by atoms with van der Waals surface area (Å²) in [5, 5.41) is 74.7. The number of aliphatic hydroxyl groups excluding tert-OH is 8. The first-order chi connectivity index (χ1) is 26.9. The van der Waals surface area contributed by atoms with Gasteiger partial charge < -0.3 is 88.0 Å². The fraction of sp³-hybridized carbons (Fsp3) is 1.00. The molecule has 0 saturated carbocycles. The first kappa shape index (κ1) is 62.2. The summed E-state index contributed by atoms with van der Waals surface area (Å²) in [5.74, 6) is 3.60. The first-order valence-electron chi connectivity index (χ1n) is 18.4. The second-order valence-electron chi connectivity index (χ2n) is 11.3. The Morgan fingerprint density at radius 2 is 1.00 bits per heavy atom. The Labute approximate surface area is 368 Å². The van der Waals surface area contributed by atoms with E-state index in [0.29, 0.717) is 59.3 Å². The van der Waals surface area contributed by atoms with E-state index in [0.717, 1.165) is 37.2 Å². The van der Waals surface area contributed by atoms with E-state index in [4.69, 9.17) is 52.8 Å². The molecule has 0 aromatic rings. The Kier molecular flexibility index (Phi) is 44.7. The van der Waals surface area contributed by atoms with Gasteiger partial charge in [0.25, 0.3) is 0 Å². The molecule has 0 bridgehead atoms. The fourth-order valence-electron chi connectivity index (χ4n) is 4.65. The van der Waals surface area contributed by atoms with Crippen molar-refractivity contribution in [3.63, 3.8) is 0 Å². The van der Waals surface area contributed by atoms with Crippen molar-refractivity contribution >= 4 is 33.6 Å². The van der Waals surface area contributed by atoms with Crippen LogP contribution < -0.4 is 29.6 Å². The third-order valence-corrected chi connectivity index (χ3v) is 9.83. The number of hydrogen-bond acceptors (Lipinski definition) is 22. The minimum Gasteiger partial charge on any atom is -0.748 e. The Bertz CT molecular complexity index is 964. The minimum absolute atomic E-state index is 0. The van der Waals surface area contributed by atoms with E-state index in [1.54, 1.807) is 18.7 Å². The molecule has 2 aliphatic rings. The fourth-order valence-corrected chi connectivity index (χ4v) is 6.02. The molecule has 2 fully saturated rings. The Morgan fingerprint density at radius 3 is 1.44 bits per heavy atom. The summed E-state index contributed by atoms with van der Waals surface area (Å²) in [6, 6.07) is 0. The summed E-state index contributed by atoms with van der Waals surface area (Å²) in [5.41, 5.74) is 0. The first-order valence-corrected chi connectivity index (χ1v) is 22.3. The maximum atomic E-state index is 10.7. The van der Waals surface area contributed by atoms with E-state index in [1.807, 2.05) is 11.8 Å². The molecule has 0 radical (unpaired) electrons. The van der Waals surface area contributed by atoms with Crippen LogP contribution in [-0.4, -0.2) is 238 Å². The topological polar surface area (TPSA) is 302 Å². The predicted molar refractivity (Wildman–Crippen MR) is 207 cm³/mol. The van der Waals surface area contributed by atoms with Gasteiger partial charge in [-0.3, -0.25) is 0 Å². The van der Waals surface area contributed by atoms with Crippen LogP contribution in [0.25, 0.3) is 0 Å². The van der Waals surface area contributed by atoms with Gasteiger partial charge in [0.05, 0.1) is 101 Å². The van der Waals surface area contributed by atoms with Crippen molar-refractivity contribution in [3.8, 4) is 0 Å². The molecule has 2 aliphatic heterocycles. The smallest absolute Gasteiger partial charge is 0.748 e. The number of rotatable bonds is 28. The molecular formula is C33H69NaO20S3. The van der Waals surface area contributed by atoms with Gasteiger partial charge in [0.15, 0.2) is 12.6 Å². The van der Waals surface area contributed by atoms with Gasteiger partial charge >= 0.3 is 29.6 Å². The molecule has 0 aliphatic carbocycles. The van der Waals surface area contributed by atoms with Gasteiger partial charge in [-0.1, -0.05) is 20.8 Å². The zero-order valence-corrected chi connectivity index (χ0v) is 38.7. The summed E-state index contributed by atoms with van der Waals surface area (Å²) in [6.45, 7) is 9.52. The van der Waals surface area contributed by atoms with E-state index in [9.17, 15) is 43.6 Å². The van der Waals surface area contributed by atoms with Crippen LogP contribution in [0.2, 0.25) is 0 Å². The van der Waals surface area contributed by atoms with Crippen LogP contribution >= 0.6 is 23.5 Å². The summed E-state index contributed by atoms with van der Waals surface area (Å²) in [6.07, 6.45) is -13.1. The molecule has 0 aromatic heterocycles. The van der Waals surface area contributed by atoms with Crippen molar-refractivity contribution in [3.05, 3.63) is 0 Å². The van der Waals surface area contributed by atoms with E-state index in [1.165, 1.54) is 0 Å². The standard InChI is InChI=1S/C23H44O13S.C8H18O5S2.2CH4O.Na/c1-3-14-21(36-23-19(28)17(26)16(25)15(13-24)35-23)18(27)20(29)22(34-14)33-10-9-31-6-5-30-7-8-32-11-12-37-4-2;1-2-14-7-5-12-3-4-13-6-8-15(9,10)11;2*1-2;/h14-29H,3-13H2,1-2H3;2-8H2,1H3,(H,9,10,11);2*2H,1H3;/q;;;;+1/p-1/t14?,15-,16-,17?,18+,19?,20?,21+,22+,23-;;;;/m0..../s1. The third-order valence-electron chi connectivity index (χ3n) is 7.44. The second-order valence-corrected chi connectivity index (χ2v) is 15.6. The van der Waals surface area contributed by atoms with Gasteiger partial charge in [-0.05, 0) is 17.9 Å². The zero-order valence-electron chi connectivity index (χ0n) is 34.2. The van der Waals surface area contributed by atoms with Gasteiger partial charge in [0.2, 0.25) is 0 Å². The number of ether oxygens (including phenoxy) is 9. The van der Waals surface area contributed by atoms with Gasteiger partial charge in [0.1, 0.15) is 42.7 Å². The van der Waals surface area contributed by atoms with Crippen molar-refractivity contribution in [1.29, 1.82) is 0 Å². The molecule has 24 heteroatoms. The van der Waals surface area contributed by atoms with E-state index < -0.39 is 83.9 Å². The van der Waals surface area contributed by atoms with E-state index in [-0.39, 0.29) is 49.4 Å². The molecule has 0 aromatic carbocycles. The van der Waals surface area contributed by atoms with Gasteiger partial charge in [-0.15, -0.1) is 0 Å². The van der Waals surface area contributed by atoms with Crippen LogP contribution in [0.4, 0.5) is 0 Å². The second kappa shape index (κ2) is 41.0. The summed E-state index contributed by atoms with van der Waals surface area (Å²) in [4.78, 5) is 0. The number of thioether (sulfide) groups is 2. The molecule has 2 heterocycles. The summed E-state index contributed by atoms with van der Waals surface area (Å²) >= 11 is 3.62. The van der Waals surface area contributed by atoms with Crippen molar-refractivity contribution in [2.24, 2.45) is 0 Å². The molecule has 20 nitrogen and oxygen atoms in total. The molecule has 4 unspecified atom stereocenters. The Balaban J connectivity index is -0.00000123. The molecule has 57 heavy (non-hydrogen) atoms. The van der Waals surface area contributed by atoms with Crippen molar-refractivity contribution in [2.45, 2.75) is 88.6 Å². The molecular weight excluding hydrogens is 836 g/mol. The van der Waals surface area contributed by atoms with Crippen LogP contribution in [0.5, 0.6) is 0 Å². The monoisotopic (exact) mass is 904 g/mol. The molecule has 8 N–H and O–H groups in total. The van der Waals surface area contributed by atoms with Gasteiger partial charge in [-0.25, -0.2) is 8.42 Å². The van der Waals surface area contributed by atoms with Gasteiger partial charge in [-0.2, -0.15) is 23.5 Å². The molecule has 0 amide bonds. The molecule has 2 saturated heterocycles. The van der Waals surface area contributed by atoms with Crippen LogP contribution in [0.3, 0.4) is 0 Å². The normalized spacial score (nSPS) is 27.1. The maximum absolute atomic E-state index is 10.7. The Hall–Kier alpha value is 0.930. The SMILES string of the molecule is CCSCCOCCOCCOCCO[C@@H]1OC(CC)[C@@H](O[C@@H]2O[C@@H](CO)[C@H](O)C(O)C2O)[C@H](O)C1O.CCSCCOCCOCCS(=O)(=O)[O-].CO.CO.[Na+]. The Morgan fingerprint density at radius 1 is 0.579 bits per heavy atom. The van der Waals surface area contributed by atoms with Crippen LogP contribution in [-0.2, 0) is 52.7 Å². The average Bonchev–Trinajstić information content (AvgIpc) is 3.19. The zero-order chi connectivity index (χ0) is 42.8. The van der Waals surface area contributed by atoms with Crippen LogP contribution in [0.15, 0.2) is 0 Å². The number of aliphatic hydroxyl groups is 8. The van der Waals surface area contributed by atoms with Crippen LogP contribution in [0.1, 0.15) is 27.2 Å². The quantitative estimate of drug-likeness (QED) is 0.0206. The van der Waals surface area contributed by atoms with E-state index >= 15 is 0 Å². The number of hydrogen-bond donors (Lipinski definition) is 8. The minimum atomic E-state index is -4.15. The van der Waals surface area contributed by atoms with Crippen LogP contribution in [0, 0.1) is 0 Å². The predicted octanol–water partition coefficient (Wildman–Crippen LogP) is -5.61. The van der Waals surface area contributed by atoms with Crippen molar-refractivity contribution in [2.75, 3.05) is 122 Å². The largest absolute Gasteiger partial charge is 1.00 e. The van der Waals surface area contributed by atoms with Crippen molar-refractivity contribution in [1.82, 2.24) is 0 Å². The average molecular weight is 905 g/mol. The molecule has 10 atom stereocenters. The maximum Gasteiger partial charge on any atom is 1.00 e. The molecule has 2 rings (SSSR count). The van der Waals surface area contributed by atoms with Crippen molar-refractivity contribution < 1.29 is 126 Å². The third kappa shape index (κ3) is 29.8. The summed E-state index contributed by atoms with van der Waals surface area (Å²) < 4.78 is 79.2. The van der Waals surface area contributed by atoms with Gasteiger partial charge in [0, 0.05) is 25.7 Å². The molecule has 0 spiro atoms.